The Morgan fingerprint density at radius 3 is 2.81 bits per heavy atom. The van der Waals surface area contributed by atoms with Crippen molar-refractivity contribution < 1.29 is 14.7 Å². The molecule has 0 unspecified atom stereocenters. The van der Waals surface area contributed by atoms with Gasteiger partial charge in [0.1, 0.15) is 10.4 Å². The van der Waals surface area contributed by atoms with Crippen molar-refractivity contribution in [2.24, 2.45) is 0 Å². The van der Waals surface area contributed by atoms with E-state index in [1.807, 2.05) is 41.3 Å². The molecule has 0 radical (unpaired) electrons. The first-order valence-corrected chi connectivity index (χ1v) is 10.5. The van der Waals surface area contributed by atoms with Crippen LogP contribution >= 0.6 is 24.0 Å². The molecule has 2 fully saturated rings. The fourth-order valence-electron chi connectivity index (χ4n) is 3.60. The lowest BCUT2D eigenvalue weighted by molar-refractivity contribution is -0.142. The van der Waals surface area contributed by atoms with Crippen molar-refractivity contribution in [3.05, 3.63) is 40.8 Å². The summed E-state index contributed by atoms with van der Waals surface area (Å²) in [5, 5.41) is 9.29. The smallest absolute Gasteiger partial charge is 0.266 e. The summed E-state index contributed by atoms with van der Waals surface area (Å²) < 4.78 is 0.416. The average Bonchev–Trinajstić information content (AvgIpc) is 2.95. The highest BCUT2D eigenvalue weighted by molar-refractivity contribution is 8.26. The topological polar surface area (TPSA) is 60.9 Å². The highest BCUT2D eigenvalue weighted by Crippen LogP contribution is 2.34. The molecule has 0 bridgehead atoms. The van der Waals surface area contributed by atoms with Crippen molar-refractivity contribution >= 4 is 46.2 Å². The first kappa shape index (κ1) is 20.0. The normalized spacial score (nSPS) is 23.2. The van der Waals surface area contributed by atoms with Gasteiger partial charge in [-0.3, -0.25) is 14.5 Å². The predicted octanol–water partition coefficient (Wildman–Crippen LogP) is 3.04. The van der Waals surface area contributed by atoms with E-state index in [0.717, 1.165) is 24.8 Å². The Morgan fingerprint density at radius 2 is 2.11 bits per heavy atom. The summed E-state index contributed by atoms with van der Waals surface area (Å²) >= 11 is 6.64. The summed E-state index contributed by atoms with van der Waals surface area (Å²) in [5.74, 6) is -0.309. The second-order valence-corrected chi connectivity index (χ2v) is 8.51. The fraction of sp³-hybridized carbons (Fsp3) is 0.450. The van der Waals surface area contributed by atoms with Crippen molar-refractivity contribution in [1.82, 2.24) is 9.80 Å². The fourth-order valence-corrected chi connectivity index (χ4v) is 5.02. The van der Waals surface area contributed by atoms with Crippen LogP contribution in [-0.2, 0) is 9.59 Å². The Hall–Kier alpha value is -1.70. The van der Waals surface area contributed by atoms with E-state index < -0.39 is 6.04 Å². The minimum absolute atomic E-state index is 0.0389. The zero-order chi connectivity index (χ0) is 19.4. The molecule has 2 aliphatic heterocycles. The quantitative estimate of drug-likeness (QED) is 0.604. The molecule has 0 spiro atoms. The molecule has 7 heteroatoms. The molecule has 2 aliphatic rings. The van der Waals surface area contributed by atoms with Crippen LogP contribution in [-0.4, -0.2) is 56.3 Å². The van der Waals surface area contributed by atoms with E-state index in [1.165, 1.54) is 16.7 Å². The third-order valence-corrected chi connectivity index (χ3v) is 6.37. The Bertz CT molecular complexity index is 749. The van der Waals surface area contributed by atoms with E-state index in [2.05, 4.69) is 0 Å². The largest absolute Gasteiger partial charge is 0.396 e. The van der Waals surface area contributed by atoms with Crippen molar-refractivity contribution in [1.29, 1.82) is 0 Å². The van der Waals surface area contributed by atoms with Gasteiger partial charge < -0.3 is 10.0 Å². The summed E-state index contributed by atoms with van der Waals surface area (Å²) in [7, 11) is 0. The van der Waals surface area contributed by atoms with Crippen LogP contribution < -0.4 is 0 Å². The number of likely N-dealkylation sites (tertiary alicyclic amines) is 1. The van der Waals surface area contributed by atoms with Crippen LogP contribution in [0, 0.1) is 0 Å². The summed E-state index contributed by atoms with van der Waals surface area (Å²) in [6.45, 7) is 2.47. The zero-order valence-corrected chi connectivity index (χ0v) is 17.0. The number of rotatable bonds is 5. The molecule has 27 heavy (non-hydrogen) atoms. The van der Waals surface area contributed by atoms with Gasteiger partial charge in [0.25, 0.3) is 5.91 Å². The molecule has 1 N–H and O–H groups in total. The van der Waals surface area contributed by atoms with Gasteiger partial charge in [0.15, 0.2) is 0 Å². The second kappa shape index (κ2) is 8.99. The van der Waals surface area contributed by atoms with Crippen LogP contribution in [0.1, 0.15) is 38.2 Å². The Morgan fingerprint density at radius 1 is 1.37 bits per heavy atom. The number of benzene rings is 1. The molecule has 0 aromatic heterocycles. The Labute approximate surface area is 169 Å². The monoisotopic (exact) mass is 404 g/mol. The van der Waals surface area contributed by atoms with Crippen molar-refractivity contribution in [3.8, 4) is 0 Å². The van der Waals surface area contributed by atoms with E-state index >= 15 is 0 Å². The zero-order valence-electron chi connectivity index (χ0n) is 15.3. The van der Waals surface area contributed by atoms with E-state index in [1.54, 1.807) is 6.92 Å². The van der Waals surface area contributed by atoms with Gasteiger partial charge in [-0.25, -0.2) is 0 Å². The first-order valence-electron chi connectivity index (χ1n) is 9.26. The van der Waals surface area contributed by atoms with E-state index in [0.29, 0.717) is 22.2 Å². The second-order valence-electron chi connectivity index (χ2n) is 6.83. The van der Waals surface area contributed by atoms with Crippen molar-refractivity contribution in [2.75, 3.05) is 13.2 Å². The van der Waals surface area contributed by atoms with Crippen molar-refractivity contribution in [3.63, 3.8) is 0 Å². The van der Waals surface area contributed by atoms with Crippen LogP contribution in [0.2, 0.25) is 0 Å². The maximum Gasteiger partial charge on any atom is 0.266 e. The number of aliphatic hydroxyl groups excluding tert-OH is 1. The van der Waals surface area contributed by atoms with Crippen LogP contribution in [0.3, 0.4) is 0 Å². The number of carbonyl (C=O) groups is 2. The third kappa shape index (κ3) is 4.42. The lowest BCUT2D eigenvalue weighted by Gasteiger charge is -2.38. The number of nitrogens with zero attached hydrogens (tertiary/aromatic N) is 2. The van der Waals surface area contributed by atoms with Gasteiger partial charge >= 0.3 is 0 Å². The van der Waals surface area contributed by atoms with Gasteiger partial charge in [0.05, 0.1) is 4.91 Å². The highest BCUT2D eigenvalue weighted by atomic mass is 32.2. The van der Waals surface area contributed by atoms with Crippen LogP contribution in [0.4, 0.5) is 0 Å². The molecule has 0 aliphatic carbocycles. The van der Waals surface area contributed by atoms with E-state index in [-0.39, 0.29) is 24.5 Å². The molecule has 1 aromatic carbocycles. The molecule has 0 saturated carbocycles. The molecular formula is C20H24N2O3S2. The number of piperidine rings is 1. The lowest BCUT2D eigenvalue weighted by atomic mass is 9.98. The molecule has 2 heterocycles. The van der Waals surface area contributed by atoms with Crippen LogP contribution in [0.5, 0.6) is 0 Å². The van der Waals surface area contributed by atoms with Gasteiger partial charge in [-0.1, -0.05) is 54.3 Å². The molecule has 2 atom stereocenters. The molecular weight excluding hydrogens is 380 g/mol. The highest BCUT2D eigenvalue weighted by Gasteiger charge is 2.40. The van der Waals surface area contributed by atoms with Gasteiger partial charge in [-0.15, -0.1) is 0 Å². The lowest BCUT2D eigenvalue weighted by Crippen LogP contribution is -2.53. The summed E-state index contributed by atoms with van der Waals surface area (Å²) in [6, 6.07) is 9.00. The predicted molar refractivity (Wildman–Crippen MR) is 112 cm³/mol. The van der Waals surface area contributed by atoms with Crippen LogP contribution in [0.25, 0.3) is 6.08 Å². The number of thiocarbonyl (C=S) groups is 1. The standard InChI is InChI=1S/C20H24N2O3S2/c1-14(18(24)21-11-6-5-9-16(21)10-12-23)22-19(25)17(27-20(22)26)13-15-7-3-2-4-8-15/h2-4,7-8,13-14,16,23H,5-6,9-12H2,1H3/b17-13-/t14-,16-/m0/s1. The number of hydrogen-bond acceptors (Lipinski definition) is 5. The summed E-state index contributed by atoms with van der Waals surface area (Å²) in [6.07, 6.45) is 5.29. The maximum atomic E-state index is 13.1. The Balaban J connectivity index is 1.76. The SMILES string of the molecule is C[C@@H](C(=O)N1CCCC[C@H]1CCO)N1C(=O)/C(=C/c2ccccc2)SC1=S. The third-order valence-electron chi connectivity index (χ3n) is 5.04. The molecule has 144 valence electrons. The summed E-state index contributed by atoms with van der Waals surface area (Å²) in [4.78, 5) is 29.8. The molecule has 3 rings (SSSR count). The molecule has 5 nitrogen and oxygen atoms in total. The number of carbonyl (C=O) groups excluding carboxylic acids is 2. The maximum absolute atomic E-state index is 13.1. The molecule has 2 amide bonds. The minimum Gasteiger partial charge on any atom is -0.396 e. The molecule has 1 aromatic rings. The van der Waals surface area contributed by atoms with E-state index in [4.69, 9.17) is 12.2 Å². The number of hydrogen-bond donors (Lipinski definition) is 1. The van der Waals surface area contributed by atoms with Gasteiger partial charge in [-0.05, 0) is 44.2 Å². The van der Waals surface area contributed by atoms with E-state index in [9.17, 15) is 14.7 Å². The number of thioether (sulfide) groups is 1. The van der Waals surface area contributed by atoms with Gasteiger partial charge in [0.2, 0.25) is 5.91 Å². The number of amides is 2. The first-order chi connectivity index (χ1) is 13.0. The minimum atomic E-state index is -0.640. The van der Waals surface area contributed by atoms with Gasteiger partial charge in [-0.2, -0.15) is 0 Å². The summed E-state index contributed by atoms with van der Waals surface area (Å²) in [5.41, 5.74) is 0.927. The average molecular weight is 405 g/mol. The van der Waals surface area contributed by atoms with Crippen LogP contribution in [0.15, 0.2) is 35.2 Å². The Kier molecular flexibility index (Phi) is 6.68. The van der Waals surface area contributed by atoms with Crippen molar-refractivity contribution in [2.45, 2.75) is 44.7 Å². The molecule has 2 saturated heterocycles. The van der Waals surface area contributed by atoms with Gasteiger partial charge in [0, 0.05) is 19.2 Å². The number of aliphatic hydroxyl groups is 1.